The average Bonchev–Trinajstić information content (AvgIpc) is 2.81. The number of rotatable bonds is 10. The number of benzene rings is 1. The number of fused-ring (bicyclic) bond motifs is 1. The van der Waals surface area contributed by atoms with E-state index in [9.17, 15) is 14.4 Å². The number of nitrogens with two attached hydrogens (primary N) is 1. The molecule has 5 N–H and O–H groups in total. The van der Waals surface area contributed by atoms with E-state index in [2.05, 4.69) is 30.6 Å². The monoisotopic (exact) mass is 465 g/mol. The van der Waals surface area contributed by atoms with Crippen LogP contribution in [0.4, 0.5) is 11.6 Å². The second kappa shape index (κ2) is 10.4. The smallest absolute Gasteiger partial charge is 0.280 e. The molecule has 1 atom stereocenters. The first-order chi connectivity index (χ1) is 16.1. The predicted octanol–water partition coefficient (Wildman–Crippen LogP) is 2.81. The van der Waals surface area contributed by atoms with Crippen molar-refractivity contribution in [1.82, 2.24) is 25.3 Å². The van der Waals surface area contributed by atoms with Gasteiger partial charge in [0.05, 0.1) is 18.4 Å². The number of carbonyl (C=O) groups is 2. The molecule has 1 aromatic carbocycles. The van der Waals surface area contributed by atoms with Gasteiger partial charge in [0.1, 0.15) is 5.78 Å². The van der Waals surface area contributed by atoms with Crippen LogP contribution in [-0.4, -0.2) is 37.7 Å². The highest BCUT2D eigenvalue weighted by Gasteiger charge is 2.25. The molecule has 0 saturated heterocycles. The minimum absolute atomic E-state index is 0.00914. The Kier molecular flexibility index (Phi) is 7.60. The van der Waals surface area contributed by atoms with Gasteiger partial charge in [0.25, 0.3) is 11.5 Å². The molecule has 0 radical (unpaired) electrons. The van der Waals surface area contributed by atoms with Crippen molar-refractivity contribution < 1.29 is 9.59 Å². The molecule has 10 heteroatoms. The van der Waals surface area contributed by atoms with Crippen LogP contribution in [0, 0.1) is 5.41 Å². The van der Waals surface area contributed by atoms with E-state index in [0.29, 0.717) is 30.6 Å². The summed E-state index contributed by atoms with van der Waals surface area (Å²) in [6.07, 6.45) is 3.37. The van der Waals surface area contributed by atoms with Crippen LogP contribution in [0.15, 0.2) is 35.3 Å². The number of nitrogens with zero attached hydrogens (tertiary/aromatic N) is 3. The molecular weight excluding hydrogens is 434 g/mol. The van der Waals surface area contributed by atoms with Crippen molar-refractivity contribution in [2.75, 3.05) is 11.1 Å². The second-order valence-electron chi connectivity index (χ2n) is 8.99. The van der Waals surface area contributed by atoms with E-state index >= 15 is 0 Å². The lowest BCUT2D eigenvalue weighted by atomic mass is 9.83. The Labute approximate surface area is 197 Å². The van der Waals surface area contributed by atoms with Crippen LogP contribution >= 0.6 is 0 Å². The fourth-order valence-corrected chi connectivity index (χ4v) is 3.25. The number of hydrogen-bond donors (Lipinski definition) is 4. The summed E-state index contributed by atoms with van der Waals surface area (Å²) in [7, 11) is 0. The summed E-state index contributed by atoms with van der Waals surface area (Å²) in [6, 6.07) is 6.91. The van der Waals surface area contributed by atoms with Gasteiger partial charge in [-0.2, -0.15) is 4.98 Å². The fraction of sp³-hybridized carbons (Fsp3) is 0.417. The highest BCUT2D eigenvalue weighted by molar-refractivity contribution is 5.94. The number of hydrogen-bond acceptors (Lipinski definition) is 8. The zero-order chi connectivity index (χ0) is 24.9. The third kappa shape index (κ3) is 6.15. The molecule has 0 aliphatic rings. The first-order valence-electron chi connectivity index (χ1n) is 11.3. The van der Waals surface area contributed by atoms with Gasteiger partial charge in [-0.15, -0.1) is 0 Å². The van der Waals surface area contributed by atoms with Gasteiger partial charge in [0, 0.05) is 29.1 Å². The van der Waals surface area contributed by atoms with Gasteiger partial charge in [0.2, 0.25) is 5.95 Å². The lowest BCUT2D eigenvalue weighted by molar-refractivity contribution is -0.127. The normalized spacial score (nSPS) is 12.4. The largest absolute Gasteiger partial charge is 0.379 e. The molecule has 0 bridgehead atoms. The zero-order valence-corrected chi connectivity index (χ0v) is 19.9. The maximum absolute atomic E-state index is 12.5. The molecule has 1 amide bonds. The van der Waals surface area contributed by atoms with Crippen LogP contribution in [0.2, 0.25) is 0 Å². The maximum atomic E-state index is 12.5. The number of amides is 1. The van der Waals surface area contributed by atoms with Crippen molar-refractivity contribution >= 4 is 34.5 Å². The minimum Gasteiger partial charge on any atom is -0.379 e. The Morgan fingerprint density at radius 2 is 1.88 bits per heavy atom. The number of nitrogens with one attached hydrogen (secondary N) is 3. The Bertz CT molecular complexity index is 1240. The fourth-order valence-electron chi connectivity index (χ4n) is 3.25. The summed E-state index contributed by atoms with van der Waals surface area (Å²) < 4.78 is 0. The third-order valence-electron chi connectivity index (χ3n) is 5.93. The van der Waals surface area contributed by atoms with E-state index in [4.69, 9.17) is 5.73 Å². The Balaban J connectivity index is 1.53. The quantitative estimate of drug-likeness (QED) is 0.356. The second-order valence-corrected chi connectivity index (χ2v) is 8.99. The predicted molar refractivity (Wildman–Crippen MR) is 131 cm³/mol. The first kappa shape index (κ1) is 24.8. The summed E-state index contributed by atoms with van der Waals surface area (Å²) in [5, 5.41) is 6.13. The van der Waals surface area contributed by atoms with E-state index < -0.39 is 5.56 Å². The summed E-state index contributed by atoms with van der Waals surface area (Å²) >= 11 is 0. The van der Waals surface area contributed by atoms with Gasteiger partial charge in [-0.05, 0) is 44.0 Å². The van der Waals surface area contributed by atoms with Crippen LogP contribution in [-0.2, 0) is 11.3 Å². The lowest BCUT2D eigenvalue weighted by Gasteiger charge is -2.22. The van der Waals surface area contributed by atoms with Crippen molar-refractivity contribution in [3.05, 3.63) is 52.1 Å². The number of carbonyl (C=O) groups excluding carboxylic acids is 2. The standard InChI is InChI=1S/C24H31N7O3/c1-5-24(3,4)18(32)11-6-14(2)28-21(33)15-7-9-16(10-8-15)26-12-17-13-27-20-19(29-17)22(34)31-23(25)30-20/h7-10,13-14,26H,5-6,11-12H2,1-4H3,(H,28,33)(H3,25,27,30,31,34)/t14-/m1/s1. The maximum Gasteiger partial charge on any atom is 0.280 e. The molecule has 0 aliphatic heterocycles. The lowest BCUT2D eigenvalue weighted by Crippen LogP contribution is -2.34. The molecule has 0 fully saturated rings. The summed E-state index contributed by atoms with van der Waals surface area (Å²) in [4.78, 5) is 51.6. The topological polar surface area (TPSA) is 156 Å². The van der Waals surface area contributed by atoms with Crippen molar-refractivity contribution in [1.29, 1.82) is 0 Å². The molecule has 34 heavy (non-hydrogen) atoms. The van der Waals surface area contributed by atoms with Gasteiger partial charge in [-0.3, -0.25) is 19.4 Å². The number of nitrogen functional groups attached to an aromatic ring is 1. The van der Waals surface area contributed by atoms with E-state index in [1.807, 2.05) is 27.7 Å². The van der Waals surface area contributed by atoms with Gasteiger partial charge < -0.3 is 16.4 Å². The molecule has 2 aromatic heterocycles. The zero-order valence-electron chi connectivity index (χ0n) is 19.9. The molecule has 0 unspecified atom stereocenters. The van der Waals surface area contributed by atoms with Crippen LogP contribution in [0.3, 0.4) is 0 Å². The number of ketones is 1. The van der Waals surface area contributed by atoms with Gasteiger partial charge >= 0.3 is 0 Å². The van der Waals surface area contributed by atoms with Crippen LogP contribution in [0.5, 0.6) is 0 Å². The number of anilines is 2. The van der Waals surface area contributed by atoms with E-state index in [-0.39, 0.29) is 40.3 Å². The average molecular weight is 466 g/mol. The highest BCUT2D eigenvalue weighted by Crippen LogP contribution is 2.23. The van der Waals surface area contributed by atoms with Gasteiger partial charge in [-0.1, -0.05) is 20.8 Å². The Morgan fingerprint density at radius 1 is 1.18 bits per heavy atom. The number of aromatic nitrogens is 4. The van der Waals surface area contributed by atoms with Crippen molar-refractivity contribution in [3.63, 3.8) is 0 Å². The van der Waals surface area contributed by atoms with Crippen LogP contribution in [0.1, 0.15) is 63.0 Å². The third-order valence-corrected chi connectivity index (χ3v) is 5.93. The number of Topliss-reactive ketones (excluding diaryl/α,β-unsaturated/α-hetero) is 1. The molecule has 180 valence electrons. The summed E-state index contributed by atoms with van der Waals surface area (Å²) in [6.45, 7) is 8.14. The summed E-state index contributed by atoms with van der Waals surface area (Å²) in [5.41, 5.74) is 6.92. The Morgan fingerprint density at radius 3 is 2.56 bits per heavy atom. The molecule has 10 nitrogen and oxygen atoms in total. The SMILES string of the molecule is CCC(C)(C)C(=O)CC[C@@H](C)NC(=O)c1ccc(NCc2cnc3nc(N)[nH]c(=O)c3n2)cc1. The number of aromatic amines is 1. The molecular formula is C24H31N7O3. The molecule has 3 aromatic rings. The molecule has 3 rings (SSSR count). The van der Waals surface area contributed by atoms with Crippen LogP contribution < -0.4 is 21.9 Å². The Hall–Kier alpha value is -3.82. The molecule has 2 heterocycles. The molecule has 0 spiro atoms. The highest BCUT2D eigenvalue weighted by atomic mass is 16.2. The van der Waals surface area contributed by atoms with E-state index in [0.717, 1.165) is 12.1 Å². The van der Waals surface area contributed by atoms with Gasteiger partial charge in [0.15, 0.2) is 11.2 Å². The van der Waals surface area contributed by atoms with E-state index in [1.54, 1.807) is 24.3 Å². The van der Waals surface area contributed by atoms with Crippen molar-refractivity contribution in [2.24, 2.45) is 5.41 Å². The minimum atomic E-state index is -0.445. The van der Waals surface area contributed by atoms with Crippen molar-refractivity contribution in [2.45, 2.75) is 59.5 Å². The summed E-state index contributed by atoms with van der Waals surface area (Å²) in [5.74, 6) is 0.0189. The molecule has 0 saturated carbocycles. The number of H-pyrrole nitrogens is 1. The first-order valence-corrected chi connectivity index (χ1v) is 11.3. The van der Waals surface area contributed by atoms with E-state index in [1.165, 1.54) is 6.20 Å². The van der Waals surface area contributed by atoms with Gasteiger partial charge in [-0.25, -0.2) is 9.97 Å². The molecule has 0 aliphatic carbocycles. The van der Waals surface area contributed by atoms with Crippen LogP contribution in [0.25, 0.3) is 11.2 Å². The van der Waals surface area contributed by atoms with Crippen molar-refractivity contribution in [3.8, 4) is 0 Å².